The van der Waals surface area contributed by atoms with Crippen LogP contribution < -0.4 is 21.5 Å². The zero-order valence-corrected chi connectivity index (χ0v) is 21.3. The fourth-order valence-corrected chi connectivity index (χ4v) is 6.84. The highest BCUT2D eigenvalue weighted by Crippen LogP contribution is 2.40. The van der Waals surface area contributed by atoms with Gasteiger partial charge in [0, 0.05) is 54.5 Å². The molecule has 2 aromatic heterocycles. The van der Waals surface area contributed by atoms with E-state index in [0.29, 0.717) is 47.3 Å². The first-order chi connectivity index (χ1) is 17.2. The van der Waals surface area contributed by atoms with Crippen molar-refractivity contribution in [2.75, 3.05) is 23.5 Å². The number of sulfone groups is 1. The van der Waals surface area contributed by atoms with E-state index in [1.165, 1.54) is 12.5 Å². The van der Waals surface area contributed by atoms with Crippen LogP contribution in [0.5, 0.6) is 0 Å². The number of fused-ring (bicyclic) bond motifs is 3. The lowest BCUT2D eigenvalue weighted by Crippen LogP contribution is -2.53. The van der Waals surface area contributed by atoms with E-state index < -0.39 is 9.84 Å². The third-order valence-electron chi connectivity index (χ3n) is 7.90. The minimum atomic E-state index is -3.41. The number of piperidine rings is 1. The highest BCUT2D eigenvalue weighted by molar-refractivity contribution is 7.90. The van der Waals surface area contributed by atoms with Crippen molar-refractivity contribution >= 4 is 38.3 Å². The van der Waals surface area contributed by atoms with Gasteiger partial charge in [-0.25, -0.2) is 18.8 Å². The van der Waals surface area contributed by atoms with Gasteiger partial charge >= 0.3 is 5.97 Å². The summed E-state index contributed by atoms with van der Waals surface area (Å²) in [6.45, 7) is 2.62. The molecule has 12 heteroatoms. The number of anilines is 2. The maximum absolute atomic E-state index is 12.3. The summed E-state index contributed by atoms with van der Waals surface area (Å²) in [6.07, 6.45) is 8.22. The van der Waals surface area contributed by atoms with Crippen LogP contribution in [0.2, 0.25) is 0 Å². The highest BCUT2D eigenvalue weighted by Gasteiger charge is 2.47. The SMILES string of the molecule is CC1CC(Nc2cc3ncc(S(C)(=O)=O)cc3c(NC3C[C@H]4CC[C@@H](C3)N4[C@@H]3CCOC3=O)n2)NN1. The second kappa shape index (κ2) is 9.09. The number of carbonyl (C=O) groups is 1. The summed E-state index contributed by atoms with van der Waals surface area (Å²) >= 11 is 0. The van der Waals surface area contributed by atoms with Gasteiger partial charge in [-0.1, -0.05) is 0 Å². The molecule has 2 bridgehead atoms. The largest absolute Gasteiger partial charge is 0.464 e. The van der Waals surface area contributed by atoms with Gasteiger partial charge in [-0.05, 0) is 45.1 Å². The van der Waals surface area contributed by atoms with Crippen LogP contribution in [0.15, 0.2) is 23.2 Å². The van der Waals surface area contributed by atoms with E-state index in [4.69, 9.17) is 9.72 Å². The zero-order valence-electron chi connectivity index (χ0n) is 20.5. The van der Waals surface area contributed by atoms with Crippen LogP contribution in [-0.2, 0) is 19.4 Å². The summed E-state index contributed by atoms with van der Waals surface area (Å²) < 4.78 is 29.7. The predicted octanol–water partition coefficient (Wildman–Crippen LogP) is 1.38. The molecule has 3 unspecified atom stereocenters. The fourth-order valence-electron chi connectivity index (χ4n) is 6.27. The molecule has 0 aromatic carbocycles. The lowest BCUT2D eigenvalue weighted by molar-refractivity contribution is -0.143. The van der Waals surface area contributed by atoms with Crippen LogP contribution in [0, 0.1) is 0 Å². The molecule has 4 N–H and O–H groups in total. The normalized spacial score (nSPS) is 32.7. The van der Waals surface area contributed by atoms with Gasteiger partial charge in [0.1, 0.15) is 17.7 Å². The van der Waals surface area contributed by atoms with E-state index >= 15 is 0 Å². The summed E-state index contributed by atoms with van der Waals surface area (Å²) in [6, 6.07) is 4.55. The molecule has 6 atom stereocenters. The Morgan fingerprint density at radius 3 is 2.50 bits per heavy atom. The van der Waals surface area contributed by atoms with Crippen LogP contribution in [0.3, 0.4) is 0 Å². The average Bonchev–Trinajstić information content (AvgIpc) is 3.49. The zero-order chi connectivity index (χ0) is 25.0. The Balaban J connectivity index is 1.29. The molecule has 6 rings (SSSR count). The van der Waals surface area contributed by atoms with Crippen LogP contribution in [0.1, 0.15) is 45.4 Å². The molecule has 4 aliphatic rings. The number of carbonyl (C=O) groups excluding carboxylic acids is 1. The Labute approximate surface area is 210 Å². The first-order valence-corrected chi connectivity index (χ1v) is 14.6. The Hall–Kier alpha value is -2.54. The van der Waals surface area contributed by atoms with Crippen molar-refractivity contribution in [3.05, 3.63) is 18.3 Å². The molecular formula is C24H33N7O4S. The van der Waals surface area contributed by atoms with Gasteiger partial charge in [0.15, 0.2) is 9.84 Å². The van der Waals surface area contributed by atoms with Crippen molar-refractivity contribution < 1.29 is 17.9 Å². The number of esters is 1. The number of hydrazine groups is 1. The molecule has 4 aliphatic heterocycles. The molecule has 0 radical (unpaired) electrons. The number of nitrogens with one attached hydrogen (secondary N) is 4. The molecule has 194 valence electrons. The van der Waals surface area contributed by atoms with E-state index in [1.807, 2.05) is 6.07 Å². The number of cyclic esters (lactones) is 1. The molecule has 4 fully saturated rings. The van der Waals surface area contributed by atoms with E-state index in [-0.39, 0.29) is 29.1 Å². The van der Waals surface area contributed by atoms with Crippen molar-refractivity contribution in [1.29, 1.82) is 0 Å². The third-order valence-corrected chi connectivity index (χ3v) is 8.98. The van der Waals surface area contributed by atoms with Crippen LogP contribution >= 0.6 is 0 Å². The Morgan fingerprint density at radius 1 is 1.08 bits per heavy atom. The number of ether oxygens (including phenoxy) is 1. The molecule has 36 heavy (non-hydrogen) atoms. The number of rotatable bonds is 6. The number of hydrogen-bond donors (Lipinski definition) is 4. The highest BCUT2D eigenvalue weighted by atomic mass is 32.2. The average molecular weight is 516 g/mol. The van der Waals surface area contributed by atoms with E-state index in [1.54, 1.807) is 6.07 Å². The van der Waals surface area contributed by atoms with Crippen molar-refractivity contribution in [2.45, 2.75) is 86.7 Å². The summed E-state index contributed by atoms with van der Waals surface area (Å²) in [7, 11) is -3.41. The van der Waals surface area contributed by atoms with Gasteiger partial charge in [-0.15, -0.1) is 0 Å². The number of hydrogen-bond acceptors (Lipinski definition) is 11. The molecule has 11 nitrogen and oxygen atoms in total. The summed E-state index contributed by atoms with van der Waals surface area (Å²) in [5, 5.41) is 7.74. The van der Waals surface area contributed by atoms with E-state index in [0.717, 1.165) is 38.5 Å². The summed E-state index contributed by atoms with van der Waals surface area (Å²) in [5.41, 5.74) is 7.10. The van der Waals surface area contributed by atoms with Gasteiger partial charge in [-0.3, -0.25) is 20.1 Å². The number of nitrogens with zero attached hydrogens (tertiary/aromatic N) is 3. The quantitative estimate of drug-likeness (QED) is 0.415. The molecular weight excluding hydrogens is 482 g/mol. The fraction of sp³-hybridized carbons (Fsp3) is 0.625. The molecule has 0 saturated carbocycles. The first-order valence-electron chi connectivity index (χ1n) is 12.7. The second-order valence-corrected chi connectivity index (χ2v) is 12.6. The minimum Gasteiger partial charge on any atom is -0.464 e. The number of pyridine rings is 2. The Bertz CT molecular complexity index is 1270. The molecule has 0 spiro atoms. The van der Waals surface area contributed by atoms with Crippen molar-refractivity contribution in [3.8, 4) is 0 Å². The van der Waals surface area contributed by atoms with E-state index in [9.17, 15) is 13.2 Å². The van der Waals surface area contributed by atoms with Gasteiger partial charge in [0.2, 0.25) is 0 Å². The van der Waals surface area contributed by atoms with Gasteiger partial charge in [-0.2, -0.15) is 0 Å². The van der Waals surface area contributed by atoms with Crippen LogP contribution in [-0.4, -0.2) is 78.5 Å². The van der Waals surface area contributed by atoms with Crippen LogP contribution in [0.4, 0.5) is 11.6 Å². The number of aromatic nitrogens is 2. The smallest absolute Gasteiger partial charge is 0.323 e. The van der Waals surface area contributed by atoms with Crippen molar-refractivity contribution in [2.24, 2.45) is 0 Å². The van der Waals surface area contributed by atoms with Crippen molar-refractivity contribution in [1.82, 2.24) is 25.7 Å². The lowest BCUT2D eigenvalue weighted by Gasteiger charge is -2.41. The monoisotopic (exact) mass is 515 g/mol. The predicted molar refractivity (Wildman–Crippen MR) is 135 cm³/mol. The molecule has 4 saturated heterocycles. The van der Waals surface area contributed by atoms with E-state index in [2.05, 4.69) is 38.3 Å². The summed E-state index contributed by atoms with van der Waals surface area (Å²) in [4.78, 5) is 24.2. The molecule has 6 heterocycles. The van der Waals surface area contributed by atoms with Crippen LogP contribution in [0.25, 0.3) is 10.9 Å². The maximum atomic E-state index is 12.3. The van der Waals surface area contributed by atoms with Gasteiger partial charge in [0.05, 0.1) is 23.2 Å². The maximum Gasteiger partial charge on any atom is 0.323 e. The standard InChI is InChI=1S/C24H33N7O4S/c1-13-7-22(30-29-13)27-21-11-19-18(10-17(12-25-19)36(2,33)34)23(28-21)26-14-8-15-3-4-16(9-14)31(15)20-5-6-35-24(20)32/h10-16,20,22,29-30H,3-9H2,1-2H3,(H2,26,27,28)/t13?,14?,15-,16+,20-,22?/m1/s1. The minimum absolute atomic E-state index is 0.0262. The first kappa shape index (κ1) is 23.8. The van der Waals surface area contributed by atoms with Gasteiger partial charge in [0.25, 0.3) is 0 Å². The second-order valence-electron chi connectivity index (χ2n) is 10.6. The molecule has 2 aromatic rings. The Kier molecular flexibility index (Phi) is 6.02. The summed E-state index contributed by atoms with van der Waals surface area (Å²) in [5.74, 6) is 1.21. The topological polar surface area (TPSA) is 138 Å². The molecule has 0 amide bonds. The third kappa shape index (κ3) is 4.51. The van der Waals surface area contributed by atoms with Crippen molar-refractivity contribution in [3.63, 3.8) is 0 Å². The van der Waals surface area contributed by atoms with Gasteiger partial charge < -0.3 is 15.4 Å². The lowest BCUT2D eigenvalue weighted by atomic mass is 9.94. The Morgan fingerprint density at radius 2 is 1.86 bits per heavy atom. The molecule has 0 aliphatic carbocycles.